The zero-order chi connectivity index (χ0) is 18.8. The van der Waals surface area contributed by atoms with Crippen LogP contribution in [-0.4, -0.2) is 42.7 Å². The van der Waals surface area contributed by atoms with E-state index in [4.69, 9.17) is 15.3 Å². The molecule has 2 aromatic rings. The van der Waals surface area contributed by atoms with Crippen molar-refractivity contribution < 1.29 is 4.74 Å². The summed E-state index contributed by atoms with van der Waals surface area (Å²) in [6.45, 7) is 5.21. The zero-order valence-corrected chi connectivity index (χ0v) is 15.4. The summed E-state index contributed by atoms with van der Waals surface area (Å²) >= 11 is 0. The highest BCUT2D eigenvalue weighted by atomic mass is 16.5. The second-order valence-corrected chi connectivity index (χ2v) is 7.27. The van der Waals surface area contributed by atoms with Crippen molar-refractivity contribution in [3.63, 3.8) is 0 Å². The Kier molecular flexibility index (Phi) is 4.71. The van der Waals surface area contributed by atoms with E-state index in [-0.39, 0.29) is 6.10 Å². The van der Waals surface area contributed by atoms with Gasteiger partial charge in [0.15, 0.2) is 0 Å². The Hall–Kier alpha value is -3.02. The molecule has 2 aromatic carbocycles. The number of hydrogen-bond donors (Lipinski definition) is 0. The van der Waals surface area contributed by atoms with E-state index in [0.717, 1.165) is 31.8 Å². The monoisotopic (exact) mass is 358 g/mol. The predicted octanol–water partition coefficient (Wildman–Crippen LogP) is 3.16. The van der Waals surface area contributed by atoms with Gasteiger partial charge < -0.3 is 9.64 Å². The molecule has 136 valence electrons. The lowest BCUT2D eigenvalue weighted by molar-refractivity contribution is 0.180. The van der Waals surface area contributed by atoms with Crippen LogP contribution in [0.4, 0.5) is 5.69 Å². The molecule has 1 unspecified atom stereocenters. The molecule has 5 heteroatoms. The van der Waals surface area contributed by atoms with Crippen LogP contribution in [0, 0.1) is 22.7 Å². The Balaban J connectivity index is 1.43. The van der Waals surface area contributed by atoms with Gasteiger partial charge >= 0.3 is 0 Å². The van der Waals surface area contributed by atoms with Crippen molar-refractivity contribution >= 4 is 5.69 Å². The molecule has 0 spiro atoms. The van der Waals surface area contributed by atoms with Gasteiger partial charge in [0.1, 0.15) is 11.9 Å². The summed E-state index contributed by atoms with van der Waals surface area (Å²) in [4.78, 5) is 4.96. The fourth-order valence-corrected chi connectivity index (χ4v) is 4.27. The summed E-state index contributed by atoms with van der Waals surface area (Å²) in [5.74, 6) is 0.829. The smallest absolute Gasteiger partial charge is 0.119 e. The van der Waals surface area contributed by atoms with Crippen LogP contribution < -0.4 is 9.64 Å². The summed E-state index contributed by atoms with van der Waals surface area (Å²) in [6, 6.07) is 20.4. The van der Waals surface area contributed by atoms with Gasteiger partial charge in [0.25, 0.3) is 0 Å². The third-order valence-corrected chi connectivity index (χ3v) is 5.70. The molecular weight excluding hydrogens is 336 g/mol. The summed E-state index contributed by atoms with van der Waals surface area (Å²) in [6.07, 6.45) is 1.17. The lowest BCUT2D eigenvalue weighted by Gasteiger charge is -2.44. The van der Waals surface area contributed by atoms with Crippen LogP contribution in [-0.2, 0) is 0 Å². The van der Waals surface area contributed by atoms with E-state index in [1.807, 2.05) is 36.4 Å². The van der Waals surface area contributed by atoms with Crippen molar-refractivity contribution in [1.29, 1.82) is 10.5 Å². The van der Waals surface area contributed by atoms with Crippen molar-refractivity contribution in [3.8, 4) is 17.9 Å². The maximum Gasteiger partial charge on any atom is 0.119 e. The third kappa shape index (κ3) is 3.47. The molecule has 0 N–H and O–H groups in total. The third-order valence-electron chi connectivity index (χ3n) is 5.70. The van der Waals surface area contributed by atoms with Gasteiger partial charge in [-0.15, -0.1) is 0 Å². The number of fused-ring (bicyclic) bond motifs is 1. The summed E-state index contributed by atoms with van der Waals surface area (Å²) in [5.41, 5.74) is 2.53. The molecule has 0 aromatic heterocycles. The van der Waals surface area contributed by atoms with Crippen LogP contribution in [0.3, 0.4) is 0 Å². The number of benzene rings is 2. The molecular formula is C22H22N4O. The molecule has 2 aliphatic heterocycles. The highest BCUT2D eigenvalue weighted by Gasteiger charge is 2.41. The van der Waals surface area contributed by atoms with Gasteiger partial charge in [0.05, 0.1) is 23.3 Å². The first-order valence-corrected chi connectivity index (χ1v) is 9.35. The van der Waals surface area contributed by atoms with Gasteiger partial charge in [-0.25, -0.2) is 0 Å². The number of nitriles is 2. The molecule has 5 nitrogen and oxygen atoms in total. The molecule has 0 bridgehead atoms. The van der Waals surface area contributed by atoms with Gasteiger partial charge in [0, 0.05) is 43.8 Å². The van der Waals surface area contributed by atoms with Crippen molar-refractivity contribution in [1.82, 2.24) is 4.90 Å². The zero-order valence-electron chi connectivity index (χ0n) is 15.4. The van der Waals surface area contributed by atoms with E-state index < -0.39 is 0 Å². The molecule has 0 amide bonds. The first kappa shape index (κ1) is 17.4. The van der Waals surface area contributed by atoms with Crippen LogP contribution >= 0.6 is 0 Å². The standard InChI is InChI=1S/C22H22N4O/c1-16-22-12-21(27-20-8-4-18(14-24)5-9-20)15-25(22)10-11-26(16)19-6-2-17(13-23)3-7-19/h2-9,16,21-22H,10-12,15H2,1H3/t16?,21-,22-/m0/s1. The van der Waals surface area contributed by atoms with Crippen molar-refractivity contribution in [3.05, 3.63) is 59.7 Å². The number of ether oxygens (including phenoxy) is 1. The minimum Gasteiger partial charge on any atom is -0.489 e. The molecule has 2 saturated heterocycles. The van der Waals surface area contributed by atoms with E-state index in [9.17, 15) is 0 Å². The molecule has 2 fully saturated rings. The van der Waals surface area contributed by atoms with Crippen LogP contribution in [0.5, 0.6) is 5.75 Å². The van der Waals surface area contributed by atoms with Gasteiger partial charge in [-0.05, 0) is 55.5 Å². The number of piperazine rings is 1. The van der Waals surface area contributed by atoms with Gasteiger partial charge in [-0.1, -0.05) is 0 Å². The Morgan fingerprint density at radius 2 is 1.56 bits per heavy atom. The quantitative estimate of drug-likeness (QED) is 0.843. The molecule has 2 aliphatic rings. The van der Waals surface area contributed by atoms with Crippen molar-refractivity contribution in [2.45, 2.75) is 31.5 Å². The lowest BCUT2D eigenvalue weighted by Crippen LogP contribution is -2.56. The summed E-state index contributed by atoms with van der Waals surface area (Å²) in [7, 11) is 0. The fourth-order valence-electron chi connectivity index (χ4n) is 4.27. The van der Waals surface area contributed by atoms with Crippen LogP contribution in [0.25, 0.3) is 0 Å². The fraction of sp³-hybridized carbons (Fsp3) is 0.364. The molecule has 4 rings (SSSR count). The Morgan fingerprint density at radius 3 is 2.19 bits per heavy atom. The normalized spacial score (nSPS) is 24.7. The average molecular weight is 358 g/mol. The van der Waals surface area contributed by atoms with Crippen molar-refractivity contribution in [2.24, 2.45) is 0 Å². The number of rotatable bonds is 3. The largest absolute Gasteiger partial charge is 0.489 e. The SMILES string of the molecule is CC1[C@@H]2C[C@H](Oc3ccc(C#N)cc3)CN2CCN1c1ccc(C#N)cc1. The van der Waals surface area contributed by atoms with Crippen molar-refractivity contribution in [2.75, 3.05) is 24.5 Å². The number of anilines is 1. The van der Waals surface area contributed by atoms with Gasteiger partial charge in [-0.2, -0.15) is 10.5 Å². The first-order valence-electron chi connectivity index (χ1n) is 9.35. The Labute approximate surface area is 160 Å². The predicted molar refractivity (Wildman–Crippen MR) is 104 cm³/mol. The van der Waals surface area contributed by atoms with Crippen LogP contribution in [0.15, 0.2) is 48.5 Å². The van der Waals surface area contributed by atoms with E-state index in [2.05, 4.69) is 28.9 Å². The van der Waals surface area contributed by atoms with E-state index in [1.165, 1.54) is 5.69 Å². The molecule has 0 radical (unpaired) electrons. The molecule has 0 saturated carbocycles. The average Bonchev–Trinajstić information content (AvgIpc) is 3.12. The molecule has 3 atom stereocenters. The molecule has 2 heterocycles. The minimum absolute atomic E-state index is 0.173. The second kappa shape index (κ2) is 7.31. The topological polar surface area (TPSA) is 63.3 Å². The highest BCUT2D eigenvalue weighted by molar-refractivity contribution is 5.51. The minimum atomic E-state index is 0.173. The lowest BCUT2D eigenvalue weighted by atomic mass is 10.0. The van der Waals surface area contributed by atoms with E-state index >= 15 is 0 Å². The molecule has 27 heavy (non-hydrogen) atoms. The highest BCUT2D eigenvalue weighted by Crippen LogP contribution is 2.32. The van der Waals surface area contributed by atoms with Crippen LogP contribution in [0.1, 0.15) is 24.5 Å². The number of nitrogens with zero attached hydrogens (tertiary/aromatic N) is 4. The maximum absolute atomic E-state index is 8.99. The number of hydrogen-bond acceptors (Lipinski definition) is 5. The van der Waals surface area contributed by atoms with Gasteiger partial charge in [-0.3, -0.25) is 4.90 Å². The summed E-state index contributed by atoms with van der Waals surface area (Å²) < 4.78 is 6.18. The van der Waals surface area contributed by atoms with E-state index in [0.29, 0.717) is 23.2 Å². The Bertz CT molecular complexity index is 879. The van der Waals surface area contributed by atoms with E-state index in [1.54, 1.807) is 12.1 Å². The van der Waals surface area contributed by atoms with Crippen LogP contribution in [0.2, 0.25) is 0 Å². The van der Waals surface area contributed by atoms with Gasteiger partial charge in [0.2, 0.25) is 0 Å². The summed E-state index contributed by atoms with van der Waals surface area (Å²) in [5, 5.41) is 17.9. The maximum atomic E-state index is 8.99. The first-order chi connectivity index (χ1) is 13.2. The molecule has 0 aliphatic carbocycles. The Morgan fingerprint density at radius 1 is 0.926 bits per heavy atom. The second-order valence-electron chi connectivity index (χ2n) is 7.27.